The van der Waals surface area contributed by atoms with E-state index in [0.29, 0.717) is 25.4 Å². The average molecular weight is 291 g/mol. The van der Waals surface area contributed by atoms with Crippen molar-refractivity contribution in [3.8, 4) is 6.07 Å². The zero-order valence-electron chi connectivity index (χ0n) is 11.6. The first kappa shape index (κ1) is 15.2. The maximum atomic E-state index is 11.2. The second-order valence-corrected chi connectivity index (χ2v) is 4.82. The van der Waals surface area contributed by atoms with E-state index in [1.807, 2.05) is 11.0 Å². The van der Waals surface area contributed by atoms with E-state index >= 15 is 0 Å². The standard InChI is InChI=1S/C14H17N3O4/c15-10-11-2-1-3-13(14(11)17(19)20)16-6-4-12(5-7-16)21-9-8-18/h1-3,12,18H,4-9H2. The Morgan fingerprint density at radius 1 is 1.48 bits per heavy atom. The minimum atomic E-state index is -0.498. The first-order chi connectivity index (χ1) is 10.2. The number of nitro groups is 1. The number of nitro benzene ring substituents is 1. The van der Waals surface area contributed by atoms with Crippen LogP contribution >= 0.6 is 0 Å². The van der Waals surface area contributed by atoms with Gasteiger partial charge in [-0.15, -0.1) is 0 Å². The number of benzene rings is 1. The van der Waals surface area contributed by atoms with Crippen molar-refractivity contribution in [2.45, 2.75) is 18.9 Å². The predicted molar refractivity (Wildman–Crippen MR) is 76.1 cm³/mol. The second-order valence-electron chi connectivity index (χ2n) is 4.82. The quantitative estimate of drug-likeness (QED) is 0.651. The molecule has 1 aromatic carbocycles. The van der Waals surface area contributed by atoms with Gasteiger partial charge in [-0.05, 0) is 25.0 Å². The normalized spacial score (nSPS) is 15.7. The number of hydrogen-bond acceptors (Lipinski definition) is 6. The molecule has 0 bridgehead atoms. The molecule has 1 fully saturated rings. The molecule has 1 aliphatic rings. The van der Waals surface area contributed by atoms with Gasteiger partial charge < -0.3 is 14.7 Å². The second kappa shape index (κ2) is 7.02. The van der Waals surface area contributed by atoms with E-state index in [4.69, 9.17) is 15.1 Å². The van der Waals surface area contributed by atoms with Gasteiger partial charge in [0, 0.05) is 13.1 Å². The molecule has 0 radical (unpaired) electrons. The minimum absolute atomic E-state index is 0.00407. The fourth-order valence-electron chi connectivity index (χ4n) is 2.55. The van der Waals surface area contributed by atoms with Crippen LogP contribution in [0.3, 0.4) is 0 Å². The summed E-state index contributed by atoms with van der Waals surface area (Å²) < 4.78 is 5.48. The van der Waals surface area contributed by atoms with Gasteiger partial charge in [-0.1, -0.05) is 6.07 Å². The maximum absolute atomic E-state index is 11.2. The summed E-state index contributed by atoms with van der Waals surface area (Å²) in [5.41, 5.74) is 0.436. The van der Waals surface area contributed by atoms with E-state index in [0.717, 1.165) is 12.8 Å². The molecule has 7 heteroatoms. The van der Waals surface area contributed by atoms with Crippen molar-refractivity contribution in [3.05, 3.63) is 33.9 Å². The third-order valence-corrected chi connectivity index (χ3v) is 3.55. The van der Waals surface area contributed by atoms with Gasteiger partial charge in [-0.25, -0.2) is 0 Å². The van der Waals surface area contributed by atoms with Crippen LogP contribution in [0.15, 0.2) is 18.2 Å². The molecule has 0 spiro atoms. The molecule has 7 nitrogen and oxygen atoms in total. The highest BCUT2D eigenvalue weighted by Gasteiger charge is 2.27. The van der Waals surface area contributed by atoms with Crippen LogP contribution in [0.5, 0.6) is 0 Å². The van der Waals surface area contributed by atoms with E-state index in [1.54, 1.807) is 12.1 Å². The molecule has 1 N–H and O–H groups in total. The Bertz CT molecular complexity index is 548. The van der Waals surface area contributed by atoms with Crippen LogP contribution in [0.4, 0.5) is 11.4 Å². The lowest BCUT2D eigenvalue weighted by Crippen LogP contribution is -2.37. The van der Waals surface area contributed by atoms with Crippen LogP contribution in [0, 0.1) is 21.4 Å². The Hall–Kier alpha value is -2.17. The Morgan fingerprint density at radius 2 is 2.19 bits per heavy atom. The number of hydrogen-bond donors (Lipinski definition) is 1. The molecule has 0 aromatic heterocycles. The maximum Gasteiger partial charge on any atom is 0.310 e. The molecule has 1 saturated heterocycles. The van der Waals surface area contributed by atoms with Crippen LogP contribution < -0.4 is 4.90 Å². The third kappa shape index (κ3) is 3.48. The summed E-state index contributed by atoms with van der Waals surface area (Å²) in [5, 5.41) is 29.0. The predicted octanol–water partition coefficient (Wildman–Crippen LogP) is 1.44. The first-order valence-corrected chi connectivity index (χ1v) is 6.82. The topological polar surface area (TPSA) is 99.6 Å². The molecule has 0 saturated carbocycles. The Labute approximate surface area is 122 Å². The highest BCUT2D eigenvalue weighted by atomic mass is 16.6. The molecule has 1 aromatic rings. The van der Waals surface area contributed by atoms with Crippen LogP contribution in [0.1, 0.15) is 18.4 Å². The Kier molecular flexibility index (Phi) is 5.09. The molecule has 1 heterocycles. The van der Waals surface area contributed by atoms with Crippen molar-refractivity contribution in [1.82, 2.24) is 0 Å². The molecular weight excluding hydrogens is 274 g/mol. The Balaban J connectivity index is 2.14. The lowest BCUT2D eigenvalue weighted by Gasteiger charge is -2.33. The van der Waals surface area contributed by atoms with E-state index in [-0.39, 0.29) is 24.0 Å². The number of nitrogens with zero attached hydrogens (tertiary/aromatic N) is 3. The lowest BCUT2D eigenvalue weighted by atomic mass is 10.1. The number of aliphatic hydroxyl groups excluding tert-OH is 1. The van der Waals surface area contributed by atoms with Crippen molar-refractivity contribution in [3.63, 3.8) is 0 Å². The van der Waals surface area contributed by atoms with Crippen molar-refractivity contribution in [2.75, 3.05) is 31.2 Å². The molecule has 0 unspecified atom stereocenters. The number of rotatable bonds is 5. The zero-order valence-corrected chi connectivity index (χ0v) is 11.6. The van der Waals surface area contributed by atoms with Gasteiger partial charge in [-0.2, -0.15) is 5.26 Å². The van der Waals surface area contributed by atoms with Crippen LogP contribution in [0.25, 0.3) is 0 Å². The van der Waals surface area contributed by atoms with Crippen LogP contribution in [0.2, 0.25) is 0 Å². The summed E-state index contributed by atoms with van der Waals surface area (Å²) in [4.78, 5) is 12.6. The van der Waals surface area contributed by atoms with Gasteiger partial charge in [0.2, 0.25) is 0 Å². The van der Waals surface area contributed by atoms with E-state index in [2.05, 4.69) is 0 Å². The molecule has 0 atom stereocenters. The summed E-state index contributed by atoms with van der Waals surface area (Å²) in [6, 6.07) is 6.67. The fourth-order valence-corrected chi connectivity index (χ4v) is 2.55. The summed E-state index contributed by atoms with van der Waals surface area (Å²) in [7, 11) is 0. The number of nitriles is 1. The highest BCUT2D eigenvalue weighted by molar-refractivity contribution is 5.69. The number of anilines is 1. The summed E-state index contributed by atoms with van der Waals surface area (Å²) >= 11 is 0. The van der Waals surface area contributed by atoms with Crippen molar-refractivity contribution in [1.29, 1.82) is 5.26 Å². The van der Waals surface area contributed by atoms with Crippen LogP contribution in [-0.2, 0) is 4.74 Å². The van der Waals surface area contributed by atoms with Gasteiger partial charge >= 0.3 is 5.69 Å². The van der Waals surface area contributed by atoms with Gasteiger partial charge in [0.25, 0.3) is 0 Å². The third-order valence-electron chi connectivity index (χ3n) is 3.55. The molecule has 1 aliphatic heterocycles. The summed E-state index contributed by atoms with van der Waals surface area (Å²) in [6.45, 7) is 1.57. The van der Waals surface area contributed by atoms with Gasteiger partial charge in [0.15, 0.2) is 0 Å². The lowest BCUT2D eigenvalue weighted by molar-refractivity contribution is -0.384. The summed E-state index contributed by atoms with van der Waals surface area (Å²) in [6.07, 6.45) is 1.56. The SMILES string of the molecule is N#Cc1cccc(N2CCC(OCCO)CC2)c1[N+](=O)[O-]. The van der Waals surface area contributed by atoms with E-state index in [9.17, 15) is 10.1 Å². The molecule has 0 amide bonds. The van der Waals surface area contributed by atoms with E-state index < -0.39 is 4.92 Å². The molecule has 21 heavy (non-hydrogen) atoms. The van der Waals surface area contributed by atoms with Crippen molar-refractivity contribution in [2.24, 2.45) is 0 Å². The van der Waals surface area contributed by atoms with Crippen LogP contribution in [-0.4, -0.2) is 42.4 Å². The highest BCUT2D eigenvalue weighted by Crippen LogP contribution is 2.33. The van der Waals surface area contributed by atoms with Crippen molar-refractivity contribution < 1.29 is 14.8 Å². The molecule has 0 aliphatic carbocycles. The average Bonchev–Trinajstić information content (AvgIpc) is 2.52. The smallest absolute Gasteiger partial charge is 0.310 e. The van der Waals surface area contributed by atoms with E-state index in [1.165, 1.54) is 6.07 Å². The zero-order chi connectivity index (χ0) is 15.2. The molecule has 2 rings (SSSR count). The monoisotopic (exact) mass is 291 g/mol. The molecular formula is C14H17N3O4. The van der Waals surface area contributed by atoms with Gasteiger partial charge in [0.05, 0.1) is 24.2 Å². The Morgan fingerprint density at radius 3 is 2.76 bits per heavy atom. The van der Waals surface area contributed by atoms with Gasteiger partial charge in [-0.3, -0.25) is 10.1 Å². The number of aliphatic hydroxyl groups is 1. The van der Waals surface area contributed by atoms with Crippen molar-refractivity contribution >= 4 is 11.4 Å². The number of ether oxygens (including phenoxy) is 1. The molecule has 112 valence electrons. The number of piperidine rings is 1. The van der Waals surface area contributed by atoms with Gasteiger partial charge in [0.1, 0.15) is 17.3 Å². The summed E-state index contributed by atoms with van der Waals surface area (Å²) in [5.74, 6) is 0. The minimum Gasteiger partial charge on any atom is -0.394 e. The largest absolute Gasteiger partial charge is 0.394 e. The fraction of sp³-hybridized carbons (Fsp3) is 0.500. The number of para-hydroxylation sites is 1. The first-order valence-electron chi connectivity index (χ1n) is 6.82.